The average Bonchev–Trinajstić information content (AvgIpc) is 3.38. The number of nitrogens with one attached hydrogen (secondary N) is 3. The fourth-order valence-electron chi connectivity index (χ4n) is 7.61. The maximum absolute atomic E-state index is 13.8. The summed E-state index contributed by atoms with van der Waals surface area (Å²) in [6.07, 6.45) is 14.8. The predicted molar refractivity (Wildman–Crippen MR) is 184 cm³/mol. The molecule has 3 aliphatic rings. The van der Waals surface area contributed by atoms with E-state index in [1.165, 1.54) is 51.4 Å². The van der Waals surface area contributed by atoms with Crippen LogP contribution < -0.4 is 20.7 Å². The number of rotatable bonds is 8. The SMILES string of the molecule is C1CCCCCCC1.CNCC(NC)C(O)C(C)NC(=O)c1cc2c(c(C(=O)N3CCCC3C)c1)OCC(C)(C)CC(C)(C)C2. The van der Waals surface area contributed by atoms with Crippen molar-refractivity contribution >= 4 is 11.8 Å². The van der Waals surface area contributed by atoms with Gasteiger partial charge in [0.05, 0.1) is 24.3 Å². The van der Waals surface area contributed by atoms with Crippen molar-refractivity contribution in [2.45, 2.75) is 143 Å². The van der Waals surface area contributed by atoms with Gasteiger partial charge in [-0.1, -0.05) is 79.1 Å². The van der Waals surface area contributed by atoms with E-state index in [0.717, 1.165) is 24.8 Å². The summed E-state index contributed by atoms with van der Waals surface area (Å²) in [5.74, 6) is 0.223. The Morgan fingerprint density at radius 2 is 1.58 bits per heavy atom. The van der Waals surface area contributed by atoms with Crippen LogP contribution in [-0.2, 0) is 6.42 Å². The molecule has 45 heavy (non-hydrogen) atoms. The third-order valence-corrected chi connectivity index (χ3v) is 9.78. The third kappa shape index (κ3) is 11.0. The fraction of sp³-hybridized carbons (Fsp3) is 0.784. The molecule has 8 heteroatoms. The first-order chi connectivity index (χ1) is 21.3. The van der Waals surface area contributed by atoms with E-state index in [9.17, 15) is 14.7 Å². The zero-order valence-corrected chi connectivity index (χ0v) is 29.7. The number of hydrogen-bond acceptors (Lipinski definition) is 6. The Morgan fingerprint density at radius 3 is 2.09 bits per heavy atom. The van der Waals surface area contributed by atoms with Gasteiger partial charge in [0.2, 0.25) is 0 Å². The van der Waals surface area contributed by atoms with Gasteiger partial charge in [0.25, 0.3) is 11.8 Å². The summed E-state index contributed by atoms with van der Waals surface area (Å²) in [7, 11) is 3.61. The zero-order valence-electron chi connectivity index (χ0n) is 29.7. The van der Waals surface area contributed by atoms with Gasteiger partial charge in [-0.05, 0) is 82.2 Å². The molecule has 256 valence electrons. The van der Waals surface area contributed by atoms with Crippen LogP contribution in [-0.4, -0.2) is 79.8 Å². The molecule has 2 aliphatic heterocycles. The first-order valence-corrected chi connectivity index (χ1v) is 17.7. The Hall–Kier alpha value is -2.16. The quantitative estimate of drug-likeness (QED) is 0.278. The minimum Gasteiger partial charge on any atom is -0.492 e. The number of amides is 2. The number of ether oxygens (including phenoxy) is 1. The molecule has 1 aromatic rings. The van der Waals surface area contributed by atoms with Crippen molar-refractivity contribution in [3.8, 4) is 5.75 Å². The number of aliphatic hydroxyl groups excluding tert-OH is 1. The molecular weight excluding hydrogens is 564 g/mol. The monoisotopic (exact) mass is 628 g/mol. The van der Waals surface area contributed by atoms with Crippen molar-refractivity contribution < 1.29 is 19.4 Å². The minimum absolute atomic E-state index is 0.0327. The maximum Gasteiger partial charge on any atom is 0.257 e. The summed E-state index contributed by atoms with van der Waals surface area (Å²) in [4.78, 5) is 29.2. The highest BCUT2D eigenvalue weighted by molar-refractivity contribution is 6.02. The van der Waals surface area contributed by atoms with E-state index in [1.54, 1.807) is 20.0 Å². The van der Waals surface area contributed by atoms with Gasteiger partial charge in [-0.3, -0.25) is 9.59 Å². The number of benzene rings is 1. The van der Waals surface area contributed by atoms with Crippen LogP contribution >= 0.6 is 0 Å². The Labute approximate surface area is 273 Å². The number of carbonyl (C=O) groups excluding carboxylic acids is 2. The van der Waals surface area contributed by atoms with Crippen molar-refractivity contribution in [1.29, 1.82) is 0 Å². The molecule has 4 rings (SSSR count). The Bertz CT molecular complexity index is 1080. The Kier molecular flexibility index (Phi) is 14.2. The lowest BCUT2D eigenvalue weighted by Gasteiger charge is -2.38. The molecule has 4 atom stereocenters. The minimum atomic E-state index is -0.790. The van der Waals surface area contributed by atoms with Crippen molar-refractivity contribution in [2.24, 2.45) is 10.8 Å². The highest BCUT2D eigenvalue weighted by Gasteiger charge is 2.37. The number of aliphatic hydroxyl groups is 1. The van der Waals surface area contributed by atoms with E-state index in [0.29, 0.717) is 43.0 Å². The smallest absolute Gasteiger partial charge is 0.257 e. The lowest BCUT2D eigenvalue weighted by atomic mass is 9.71. The predicted octanol–water partition coefficient (Wildman–Crippen LogP) is 6.10. The highest BCUT2D eigenvalue weighted by atomic mass is 16.5. The summed E-state index contributed by atoms with van der Waals surface area (Å²) < 4.78 is 6.38. The maximum atomic E-state index is 13.8. The van der Waals surface area contributed by atoms with Crippen molar-refractivity contribution in [3.63, 3.8) is 0 Å². The molecule has 1 saturated carbocycles. The molecule has 2 heterocycles. The van der Waals surface area contributed by atoms with Gasteiger partial charge in [0, 0.05) is 30.7 Å². The van der Waals surface area contributed by atoms with E-state index in [2.05, 4.69) is 50.6 Å². The van der Waals surface area contributed by atoms with Gasteiger partial charge in [-0.25, -0.2) is 0 Å². The van der Waals surface area contributed by atoms with Crippen LogP contribution in [0.1, 0.15) is 138 Å². The second-order valence-electron chi connectivity index (χ2n) is 15.5. The van der Waals surface area contributed by atoms with Gasteiger partial charge in [0.15, 0.2) is 0 Å². The van der Waals surface area contributed by atoms with Gasteiger partial charge >= 0.3 is 0 Å². The van der Waals surface area contributed by atoms with Crippen LogP contribution in [0.15, 0.2) is 12.1 Å². The molecule has 0 radical (unpaired) electrons. The first-order valence-electron chi connectivity index (χ1n) is 17.7. The van der Waals surface area contributed by atoms with Crippen LogP contribution in [0.4, 0.5) is 0 Å². The molecule has 2 fully saturated rings. The molecule has 1 aliphatic carbocycles. The van der Waals surface area contributed by atoms with Crippen LogP contribution in [0, 0.1) is 10.8 Å². The standard InChI is InChI=1S/C29H48N4O4.C8H16/c1-18-10-9-11-33(18)27(36)22-13-20(26(35)32-19(2)24(34)23(31-8)15-30-7)12-21-14-28(3,4)16-29(5,6)17-37-25(21)22;1-2-4-6-8-7-5-3-1/h12-13,18-19,23-24,30-31,34H,9-11,14-17H2,1-8H3,(H,32,35);1-8H2. The van der Waals surface area contributed by atoms with Crippen LogP contribution in [0.5, 0.6) is 5.75 Å². The second kappa shape index (κ2) is 17.1. The molecule has 1 saturated heterocycles. The molecule has 2 amide bonds. The second-order valence-corrected chi connectivity index (χ2v) is 15.5. The molecule has 8 nitrogen and oxygen atoms in total. The number of nitrogens with zero attached hydrogens (tertiary/aromatic N) is 1. The van der Waals surface area contributed by atoms with Crippen molar-refractivity contribution in [2.75, 3.05) is 33.8 Å². The van der Waals surface area contributed by atoms with E-state index in [-0.39, 0.29) is 34.7 Å². The largest absolute Gasteiger partial charge is 0.492 e. The first kappa shape index (κ1) is 37.3. The Balaban J connectivity index is 0.000000598. The topological polar surface area (TPSA) is 103 Å². The van der Waals surface area contributed by atoms with Crippen molar-refractivity contribution in [1.82, 2.24) is 20.9 Å². The third-order valence-electron chi connectivity index (χ3n) is 9.78. The Morgan fingerprint density at radius 1 is 0.978 bits per heavy atom. The van der Waals surface area contributed by atoms with E-state index >= 15 is 0 Å². The van der Waals surface area contributed by atoms with E-state index < -0.39 is 12.1 Å². The van der Waals surface area contributed by atoms with E-state index in [4.69, 9.17) is 4.74 Å². The van der Waals surface area contributed by atoms with Crippen LogP contribution in [0.25, 0.3) is 0 Å². The molecule has 4 N–H and O–H groups in total. The molecule has 4 unspecified atom stereocenters. The zero-order chi connectivity index (χ0) is 33.2. The lowest BCUT2D eigenvalue weighted by Crippen LogP contribution is -2.54. The van der Waals surface area contributed by atoms with Crippen LogP contribution in [0.3, 0.4) is 0 Å². The molecule has 1 aromatic carbocycles. The van der Waals surface area contributed by atoms with Gasteiger partial charge in [0.1, 0.15) is 5.75 Å². The average molecular weight is 629 g/mol. The molecule has 0 bridgehead atoms. The summed E-state index contributed by atoms with van der Waals surface area (Å²) in [6.45, 7) is 14.5. The molecule has 0 spiro atoms. The van der Waals surface area contributed by atoms with Gasteiger partial charge < -0.3 is 30.7 Å². The number of likely N-dealkylation sites (tertiary alicyclic amines) is 1. The van der Waals surface area contributed by atoms with Gasteiger partial charge in [-0.15, -0.1) is 0 Å². The molecular formula is C37H64N4O4. The number of carbonyl (C=O) groups is 2. The number of likely N-dealkylation sites (N-methyl/N-ethyl adjacent to an activating group) is 2. The summed E-state index contributed by atoms with van der Waals surface area (Å²) >= 11 is 0. The van der Waals surface area contributed by atoms with Crippen LogP contribution in [0.2, 0.25) is 0 Å². The molecule has 0 aromatic heterocycles. The lowest BCUT2D eigenvalue weighted by molar-refractivity contribution is 0.0724. The summed E-state index contributed by atoms with van der Waals surface area (Å²) in [6, 6.07) is 3.00. The highest BCUT2D eigenvalue weighted by Crippen LogP contribution is 2.43. The van der Waals surface area contributed by atoms with Gasteiger partial charge in [-0.2, -0.15) is 0 Å². The fourth-order valence-corrected chi connectivity index (χ4v) is 7.61. The number of fused-ring (bicyclic) bond motifs is 1. The normalized spacial score (nSPS) is 23.3. The number of hydrogen-bond donors (Lipinski definition) is 4. The van der Waals surface area contributed by atoms with Crippen molar-refractivity contribution in [3.05, 3.63) is 28.8 Å². The summed E-state index contributed by atoms with van der Waals surface area (Å²) in [5, 5.41) is 19.9. The summed E-state index contributed by atoms with van der Waals surface area (Å²) in [5.41, 5.74) is 1.69. The van der Waals surface area contributed by atoms with E-state index in [1.807, 2.05) is 18.0 Å².